The highest BCUT2D eigenvalue weighted by atomic mass is 16.5. The van der Waals surface area contributed by atoms with Crippen LogP contribution in [0.5, 0.6) is 5.75 Å². The van der Waals surface area contributed by atoms with Crippen LogP contribution in [0.25, 0.3) is 0 Å². The molecule has 0 heterocycles. The van der Waals surface area contributed by atoms with Crippen molar-refractivity contribution in [3.8, 4) is 5.75 Å². The number of nitrogens with two attached hydrogens (primary N) is 2. The molecule has 0 aliphatic heterocycles. The van der Waals surface area contributed by atoms with Crippen molar-refractivity contribution in [1.29, 1.82) is 0 Å². The molecule has 1 unspecified atom stereocenters. The molecule has 0 bridgehead atoms. The minimum absolute atomic E-state index is 0.0902. The number of carbonyl (C=O) groups is 2. The predicted octanol–water partition coefficient (Wildman–Crippen LogP) is 0.487. The quantitative estimate of drug-likeness (QED) is 0.572. The number of esters is 1. The number of primary amides is 1. The van der Waals surface area contributed by atoms with Crippen molar-refractivity contribution in [2.75, 3.05) is 0 Å². The average Bonchev–Trinajstić information content (AvgIpc) is 2.16. The molecule has 0 saturated heterocycles. The van der Waals surface area contributed by atoms with E-state index in [2.05, 4.69) is 0 Å². The molecule has 1 aromatic rings. The molecule has 5 nitrogen and oxygen atoms in total. The van der Waals surface area contributed by atoms with Gasteiger partial charge in [-0.1, -0.05) is 12.1 Å². The van der Waals surface area contributed by atoms with Gasteiger partial charge in [0.2, 0.25) is 5.91 Å². The lowest BCUT2D eigenvalue weighted by Gasteiger charge is -2.10. The molecule has 1 atom stereocenters. The number of hydrogen-bond acceptors (Lipinski definition) is 4. The summed E-state index contributed by atoms with van der Waals surface area (Å²) in [6.07, 6.45) is 0.0902. The van der Waals surface area contributed by atoms with Gasteiger partial charge in [0, 0.05) is 19.4 Å². The highest BCUT2D eigenvalue weighted by Crippen LogP contribution is 2.18. The Labute approximate surface area is 93.4 Å². The molecule has 1 rings (SSSR count). The molecule has 4 N–H and O–H groups in total. The third-order valence-corrected chi connectivity index (χ3v) is 1.99. The highest BCUT2D eigenvalue weighted by molar-refractivity contribution is 5.74. The average molecular weight is 222 g/mol. The fourth-order valence-corrected chi connectivity index (χ4v) is 1.28. The molecule has 0 radical (unpaired) electrons. The molecule has 0 fully saturated rings. The Hall–Kier alpha value is -1.88. The van der Waals surface area contributed by atoms with Crippen LogP contribution in [-0.2, 0) is 9.59 Å². The maximum atomic E-state index is 10.7. The smallest absolute Gasteiger partial charge is 0.308 e. The van der Waals surface area contributed by atoms with E-state index in [1.807, 2.05) is 0 Å². The molecular weight excluding hydrogens is 208 g/mol. The summed E-state index contributed by atoms with van der Waals surface area (Å²) < 4.78 is 4.86. The molecule has 1 amide bonds. The number of carbonyl (C=O) groups excluding carboxylic acids is 2. The molecule has 16 heavy (non-hydrogen) atoms. The van der Waals surface area contributed by atoms with E-state index in [1.54, 1.807) is 24.3 Å². The van der Waals surface area contributed by atoms with Crippen LogP contribution in [0.2, 0.25) is 0 Å². The van der Waals surface area contributed by atoms with Crippen LogP contribution in [0.15, 0.2) is 24.3 Å². The molecular formula is C11H14N2O3. The van der Waals surface area contributed by atoms with E-state index < -0.39 is 11.9 Å². The van der Waals surface area contributed by atoms with Gasteiger partial charge in [0.15, 0.2) is 0 Å². The Morgan fingerprint density at radius 2 is 1.88 bits per heavy atom. The second-order valence-electron chi connectivity index (χ2n) is 3.44. The molecule has 1 aromatic carbocycles. The summed E-state index contributed by atoms with van der Waals surface area (Å²) in [7, 11) is 0. The molecule has 0 aromatic heterocycles. The topological polar surface area (TPSA) is 95.4 Å². The van der Waals surface area contributed by atoms with Crippen LogP contribution < -0.4 is 16.2 Å². The van der Waals surface area contributed by atoms with Gasteiger partial charge < -0.3 is 16.2 Å². The van der Waals surface area contributed by atoms with Crippen LogP contribution in [0.1, 0.15) is 24.9 Å². The van der Waals surface area contributed by atoms with Crippen LogP contribution >= 0.6 is 0 Å². The van der Waals surface area contributed by atoms with Crippen LogP contribution in [-0.4, -0.2) is 11.9 Å². The van der Waals surface area contributed by atoms with Crippen molar-refractivity contribution in [1.82, 2.24) is 0 Å². The van der Waals surface area contributed by atoms with E-state index in [-0.39, 0.29) is 12.4 Å². The van der Waals surface area contributed by atoms with Gasteiger partial charge in [-0.05, 0) is 17.7 Å². The maximum absolute atomic E-state index is 10.7. The van der Waals surface area contributed by atoms with Gasteiger partial charge in [0.25, 0.3) is 0 Å². The molecule has 0 aliphatic rings. The lowest BCUT2D eigenvalue weighted by atomic mass is 10.0. The first-order chi connectivity index (χ1) is 7.49. The van der Waals surface area contributed by atoms with Gasteiger partial charge in [-0.2, -0.15) is 0 Å². The Kier molecular flexibility index (Phi) is 4.02. The van der Waals surface area contributed by atoms with Gasteiger partial charge in [0.1, 0.15) is 5.75 Å². The third-order valence-electron chi connectivity index (χ3n) is 1.99. The molecule has 0 spiro atoms. The summed E-state index contributed by atoms with van der Waals surface area (Å²) in [4.78, 5) is 21.3. The minimum atomic E-state index is -0.448. The first kappa shape index (κ1) is 12.2. The van der Waals surface area contributed by atoms with Gasteiger partial charge in [-0.15, -0.1) is 0 Å². The lowest BCUT2D eigenvalue weighted by Crippen LogP contribution is -2.20. The summed E-state index contributed by atoms with van der Waals surface area (Å²) in [5, 5.41) is 0. The van der Waals surface area contributed by atoms with Gasteiger partial charge in [0.05, 0.1) is 0 Å². The van der Waals surface area contributed by atoms with Gasteiger partial charge in [-0.25, -0.2) is 0 Å². The normalized spacial score (nSPS) is 11.9. The maximum Gasteiger partial charge on any atom is 0.308 e. The van der Waals surface area contributed by atoms with E-state index in [0.29, 0.717) is 5.75 Å². The van der Waals surface area contributed by atoms with Crippen molar-refractivity contribution in [3.05, 3.63) is 29.8 Å². The van der Waals surface area contributed by atoms with Gasteiger partial charge >= 0.3 is 5.97 Å². The van der Waals surface area contributed by atoms with E-state index in [4.69, 9.17) is 16.2 Å². The van der Waals surface area contributed by atoms with Crippen LogP contribution in [0.4, 0.5) is 0 Å². The van der Waals surface area contributed by atoms with E-state index in [9.17, 15) is 9.59 Å². The lowest BCUT2D eigenvalue weighted by molar-refractivity contribution is -0.131. The van der Waals surface area contributed by atoms with Crippen LogP contribution in [0, 0.1) is 0 Å². The largest absolute Gasteiger partial charge is 0.427 e. The Balaban J connectivity index is 2.70. The fraction of sp³-hybridized carbons (Fsp3) is 0.273. The van der Waals surface area contributed by atoms with Crippen molar-refractivity contribution < 1.29 is 14.3 Å². The van der Waals surface area contributed by atoms with Crippen molar-refractivity contribution >= 4 is 11.9 Å². The number of rotatable bonds is 4. The van der Waals surface area contributed by atoms with Crippen molar-refractivity contribution in [2.24, 2.45) is 11.5 Å². The Morgan fingerprint density at radius 3 is 2.31 bits per heavy atom. The Bertz CT molecular complexity index is 387. The van der Waals surface area contributed by atoms with Crippen LogP contribution in [0.3, 0.4) is 0 Å². The minimum Gasteiger partial charge on any atom is -0.427 e. The van der Waals surface area contributed by atoms with Crippen molar-refractivity contribution in [3.63, 3.8) is 0 Å². The molecule has 5 heteroatoms. The Morgan fingerprint density at radius 1 is 1.31 bits per heavy atom. The zero-order valence-electron chi connectivity index (χ0n) is 8.97. The highest BCUT2D eigenvalue weighted by Gasteiger charge is 2.09. The first-order valence-electron chi connectivity index (χ1n) is 4.81. The molecule has 0 saturated carbocycles. The third kappa shape index (κ3) is 3.70. The number of hydrogen-bond donors (Lipinski definition) is 2. The first-order valence-corrected chi connectivity index (χ1v) is 4.81. The number of ether oxygens (including phenoxy) is 1. The SMILES string of the molecule is CC(=O)Oc1ccc(C(N)CC(N)=O)cc1. The summed E-state index contributed by atoms with van der Waals surface area (Å²) in [5.41, 5.74) is 11.5. The standard InChI is InChI=1S/C11H14N2O3/c1-7(14)16-9-4-2-8(3-5-9)10(12)6-11(13)15/h2-5,10H,6,12H2,1H3,(H2,13,15). The molecule has 86 valence electrons. The van der Waals surface area contributed by atoms with Crippen molar-refractivity contribution in [2.45, 2.75) is 19.4 Å². The summed E-state index contributed by atoms with van der Waals surface area (Å²) in [6.45, 7) is 1.33. The molecule has 0 aliphatic carbocycles. The zero-order chi connectivity index (χ0) is 12.1. The zero-order valence-corrected chi connectivity index (χ0v) is 8.97. The van der Waals surface area contributed by atoms with E-state index in [0.717, 1.165) is 5.56 Å². The predicted molar refractivity (Wildman–Crippen MR) is 58.5 cm³/mol. The summed E-state index contributed by atoms with van der Waals surface area (Å²) in [6, 6.07) is 6.22. The second-order valence-corrected chi connectivity index (χ2v) is 3.44. The van der Waals surface area contributed by atoms with E-state index >= 15 is 0 Å². The monoisotopic (exact) mass is 222 g/mol. The van der Waals surface area contributed by atoms with E-state index in [1.165, 1.54) is 6.92 Å². The van der Waals surface area contributed by atoms with Gasteiger partial charge in [-0.3, -0.25) is 9.59 Å². The summed E-state index contributed by atoms with van der Waals surface area (Å²) >= 11 is 0. The number of amides is 1. The fourth-order valence-electron chi connectivity index (χ4n) is 1.28. The summed E-state index contributed by atoms with van der Waals surface area (Å²) in [5.74, 6) is -0.381. The number of benzene rings is 1. The second kappa shape index (κ2) is 5.27.